The van der Waals surface area contributed by atoms with E-state index in [-0.39, 0.29) is 17.1 Å². The lowest BCUT2D eigenvalue weighted by Crippen LogP contribution is -2.71. The van der Waals surface area contributed by atoms with Gasteiger partial charge in [0.05, 0.1) is 4.90 Å². The third kappa shape index (κ3) is 11.7. The van der Waals surface area contributed by atoms with E-state index in [2.05, 4.69) is 15.8 Å². The van der Waals surface area contributed by atoms with Crippen molar-refractivity contribution >= 4 is 69.5 Å². The standard InChI is InChI=1S/C59H56N6O7S3/c1-57(2,3)71-55(69)58(4,5)72-63-47(46-38-75-56(60-46)62-59(42-27-16-9-17-28-42,43-29-18-10-19-30-43)44-31-20-11-21-32-44)51(66)61-48-52(67)65-49(41(37-74-53(48)65)36-73-45-33-22-34-64(6)35-45)54(68)70-50(39-23-12-7-13-24-39)40-25-14-8-15-26-40/h7-35,38,48,50,53H,36-37H2,1-6H3,(H-,60,61,62,66)/p+1/t48-,53-/m1/s1. The third-order valence-corrected chi connectivity index (χ3v) is 15.6. The van der Waals surface area contributed by atoms with Crippen molar-refractivity contribution in [1.82, 2.24) is 15.2 Å². The first kappa shape index (κ1) is 52.3. The van der Waals surface area contributed by atoms with Crippen LogP contribution in [0.3, 0.4) is 0 Å². The Bertz CT molecular complexity index is 3090. The smallest absolute Gasteiger partial charge is 0.356 e. The molecule has 2 aliphatic heterocycles. The zero-order chi connectivity index (χ0) is 52.7. The van der Waals surface area contributed by atoms with Gasteiger partial charge in [0, 0.05) is 23.0 Å². The average molecular weight is 1060 g/mol. The summed E-state index contributed by atoms with van der Waals surface area (Å²) in [7, 11) is 1.94. The molecule has 2 amide bonds. The second kappa shape index (κ2) is 22.5. The molecule has 7 aromatic rings. The number of esters is 2. The van der Waals surface area contributed by atoms with Gasteiger partial charge in [0.15, 0.2) is 29.3 Å². The van der Waals surface area contributed by atoms with Crippen LogP contribution in [0, 0.1) is 0 Å². The monoisotopic (exact) mass is 1060 g/mol. The predicted octanol–water partition coefficient (Wildman–Crippen LogP) is 9.99. The van der Waals surface area contributed by atoms with Crippen molar-refractivity contribution in [3.8, 4) is 0 Å². The molecule has 1 saturated heterocycles. The molecule has 16 heteroatoms. The molecule has 0 spiro atoms. The maximum Gasteiger partial charge on any atom is 0.356 e. The van der Waals surface area contributed by atoms with Gasteiger partial charge >= 0.3 is 11.9 Å². The number of hydrogen-bond acceptors (Lipinski definition) is 13. The van der Waals surface area contributed by atoms with Crippen molar-refractivity contribution in [2.45, 2.75) is 73.8 Å². The van der Waals surface area contributed by atoms with E-state index in [1.807, 2.05) is 188 Å². The number of benzene rings is 5. The van der Waals surface area contributed by atoms with Crippen molar-refractivity contribution in [2.24, 2.45) is 12.2 Å². The van der Waals surface area contributed by atoms with Crippen LogP contribution in [0.1, 0.15) is 74.2 Å². The van der Waals surface area contributed by atoms with Gasteiger partial charge in [-0.05, 0) is 74.1 Å². The fraction of sp³-hybridized carbons (Fsp3) is 0.237. The van der Waals surface area contributed by atoms with Gasteiger partial charge in [-0.25, -0.2) is 19.1 Å². The lowest BCUT2D eigenvalue weighted by atomic mass is 9.77. The van der Waals surface area contributed by atoms with Crippen LogP contribution in [0.5, 0.6) is 0 Å². The minimum atomic E-state index is -1.65. The number of carbonyl (C=O) groups is 4. The van der Waals surface area contributed by atoms with E-state index in [1.54, 1.807) is 37.9 Å². The fourth-order valence-corrected chi connectivity index (χ4v) is 12.0. The first-order valence-electron chi connectivity index (χ1n) is 24.4. The molecule has 4 heterocycles. The molecule has 2 N–H and O–H groups in total. The van der Waals surface area contributed by atoms with Crippen molar-refractivity contribution in [3.05, 3.63) is 226 Å². The highest BCUT2D eigenvalue weighted by molar-refractivity contribution is 8.01. The summed E-state index contributed by atoms with van der Waals surface area (Å²) in [5.41, 5.74) is 1.61. The molecular formula is C59H57N6O7S3+. The Morgan fingerprint density at radius 1 is 0.787 bits per heavy atom. The quantitative estimate of drug-likeness (QED) is 0.0161. The number of anilines is 1. The summed E-state index contributed by atoms with van der Waals surface area (Å²) in [5, 5.41) is 12.4. The highest BCUT2D eigenvalue weighted by Crippen LogP contribution is 2.44. The van der Waals surface area contributed by atoms with Crippen molar-refractivity contribution < 1.29 is 38.1 Å². The summed E-state index contributed by atoms with van der Waals surface area (Å²) in [4.78, 5) is 71.1. The van der Waals surface area contributed by atoms with Crippen LogP contribution in [0.4, 0.5) is 5.13 Å². The normalized spacial score (nSPS) is 15.9. The molecule has 2 aromatic heterocycles. The van der Waals surface area contributed by atoms with E-state index in [0.717, 1.165) is 38.3 Å². The van der Waals surface area contributed by atoms with Gasteiger partial charge in [0.2, 0.25) is 5.60 Å². The molecule has 9 rings (SSSR count). The molecule has 0 saturated carbocycles. The van der Waals surface area contributed by atoms with Gasteiger partial charge in [0.1, 0.15) is 41.0 Å². The number of amides is 2. The van der Waals surface area contributed by atoms with E-state index in [1.165, 1.54) is 41.8 Å². The van der Waals surface area contributed by atoms with Gasteiger partial charge in [-0.1, -0.05) is 157 Å². The van der Waals surface area contributed by atoms with E-state index >= 15 is 0 Å². The van der Waals surface area contributed by atoms with Gasteiger partial charge < -0.3 is 24.9 Å². The SMILES string of the molecule is C[n+]1cccc(SCC2=C(C(=O)OC(c3ccccc3)c3ccccc3)N3C(=O)[C@@H](NC(=O)C(=NOC(C)(C)C(=O)OC(C)(C)C)c4csc(NC(c5ccccc5)(c5ccccc5)c5ccccc5)n4)[C@H]3SC2)c1. The number of oxime groups is 1. The molecule has 0 aliphatic carbocycles. The number of ether oxygens (including phenoxy) is 2. The Morgan fingerprint density at radius 2 is 1.33 bits per heavy atom. The Hall–Kier alpha value is -7.53. The summed E-state index contributed by atoms with van der Waals surface area (Å²) in [6.45, 7) is 8.22. The number of thiazole rings is 1. The molecule has 0 bridgehead atoms. The summed E-state index contributed by atoms with van der Waals surface area (Å²) < 4.78 is 14.0. The average Bonchev–Trinajstić information content (AvgIpc) is 3.88. The maximum atomic E-state index is 14.9. The largest absolute Gasteiger partial charge is 0.457 e. The Balaban J connectivity index is 1.04. The van der Waals surface area contributed by atoms with Gasteiger partial charge in [-0.3, -0.25) is 14.5 Å². The number of thioether (sulfide) groups is 2. The van der Waals surface area contributed by atoms with Crippen LogP contribution in [0.25, 0.3) is 0 Å². The Morgan fingerprint density at radius 3 is 1.87 bits per heavy atom. The van der Waals surface area contributed by atoms with E-state index in [0.29, 0.717) is 16.6 Å². The summed E-state index contributed by atoms with van der Waals surface area (Å²) >= 11 is 4.23. The number of aryl methyl sites for hydroxylation is 1. The second-order valence-electron chi connectivity index (χ2n) is 19.5. The highest BCUT2D eigenvalue weighted by Gasteiger charge is 2.55. The minimum Gasteiger partial charge on any atom is -0.457 e. The molecule has 5 aromatic carbocycles. The number of pyridine rings is 1. The molecule has 0 unspecified atom stereocenters. The van der Waals surface area contributed by atoms with Crippen LogP contribution in [0.2, 0.25) is 0 Å². The Kier molecular flexibility index (Phi) is 15.7. The van der Waals surface area contributed by atoms with Crippen molar-refractivity contribution in [1.29, 1.82) is 0 Å². The van der Waals surface area contributed by atoms with E-state index in [9.17, 15) is 19.2 Å². The minimum absolute atomic E-state index is 0.119. The fourth-order valence-electron chi connectivity index (χ4n) is 8.74. The molecular weight excluding hydrogens is 1000 g/mol. The predicted molar refractivity (Wildman–Crippen MR) is 294 cm³/mol. The molecule has 13 nitrogen and oxygen atoms in total. The highest BCUT2D eigenvalue weighted by atomic mass is 32.2. The molecule has 0 radical (unpaired) electrons. The maximum absolute atomic E-state index is 14.9. The number of fused-ring (bicyclic) bond motifs is 1. The number of nitrogens with one attached hydrogen (secondary N) is 2. The molecule has 2 atom stereocenters. The first-order valence-corrected chi connectivity index (χ1v) is 27.3. The topological polar surface area (TPSA) is 152 Å². The summed E-state index contributed by atoms with van der Waals surface area (Å²) in [5.74, 6) is -1.89. The Labute approximate surface area is 449 Å². The second-order valence-corrected chi connectivity index (χ2v) is 22.5. The number of β-lactam (4-membered cyclic amide) rings is 1. The van der Waals surface area contributed by atoms with Crippen LogP contribution in [0.15, 0.2) is 203 Å². The zero-order valence-electron chi connectivity index (χ0n) is 42.3. The number of nitrogens with zero attached hydrogens (tertiary/aromatic N) is 4. The number of aromatic nitrogens is 2. The summed E-state index contributed by atoms with van der Waals surface area (Å²) in [6, 6.07) is 51.9. The van der Waals surface area contributed by atoms with Gasteiger partial charge in [0.25, 0.3) is 11.8 Å². The number of rotatable bonds is 18. The number of hydrogen-bond donors (Lipinski definition) is 2. The van der Waals surface area contributed by atoms with Crippen LogP contribution < -0.4 is 15.2 Å². The van der Waals surface area contributed by atoms with Gasteiger partial charge in [-0.2, -0.15) is 0 Å². The summed E-state index contributed by atoms with van der Waals surface area (Å²) in [6.07, 6.45) is 3.17. The van der Waals surface area contributed by atoms with Crippen molar-refractivity contribution in [3.63, 3.8) is 0 Å². The molecule has 2 aliphatic rings. The first-order chi connectivity index (χ1) is 36.1. The van der Waals surface area contributed by atoms with E-state index < -0.39 is 58.0 Å². The van der Waals surface area contributed by atoms with E-state index in [4.69, 9.17) is 19.3 Å². The van der Waals surface area contributed by atoms with Gasteiger partial charge in [-0.15, -0.1) is 34.9 Å². The lowest BCUT2D eigenvalue weighted by Gasteiger charge is -2.49. The van der Waals surface area contributed by atoms with Crippen molar-refractivity contribution in [2.75, 3.05) is 16.8 Å². The number of carbonyl (C=O) groups excluding carboxylic acids is 4. The van der Waals surface area contributed by atoms with Crippen LogP contribution in [-0.4, -0.2) is 73.5 Å². The zero-order valence-corrected chi connectivity index (χ0v) is 44.8. The van der Waals surface area contributed by atoms with Crippen LogP contribution >= 0.6 is 34.9 Å². The molecule has 1 fully saturated rings. The van der Waals surface area contributed by atoms with Crippen LogP contribution in [-0.2, 0) is 46.1 Å². The third-order valence-electron chi connectivity index (χ3n) is 12.4. The molecule has 75 heavy (non-hydrogen) atoms. The molecule has 382 valence electrons. The lowest BCUT2D eigenvalue weighted by molar-refractivity contribution is -0.673.